The van der Waals surface area contributed by atoms with E-state index in [0.29, 0.717) is 17.5 Å². The maximum Gasteiger partial charge on any atom is 0.164 e. The van der Waals surface area contributed by atoms with Gasteiger partial charge < -0.3 is 0 Å². The van der Waals surface area contributed by atoms with Crippen LogP contribution in [0.5, 0.6) is 0 Å². The predicted molar refractivity (Wildman–Crippen MR) is 215 cm³/mol. The van der Waals surface area contributed by atoms with Crippen molar-refractivity contribution in [2.24, 2.45) is 0 Å². The van der Waals surface area contributed by atoms with Gasteiger partial charge in [0.25, 0.3) is 0 Å². The normalized spacial score (nSPS) is 11.5. The second kappa shape index (κ2) is 12.1. The SMILES string of the molecule is c1ccc(-c2nc(-c3ccccc3)nc(-c3ccccc3-c3cccc4sc5ccc(-c6ccc7c(ccc8ccccc87)c6)cc5c34)n2)cc1. The molecule has 0 atom stereocenters. The lowest BCUT2D eigenvalue weighted by Crippen LogP contribution is -2.01. The molecule has 0 aliphatic carbocycles. The highest BCUT2D eigenvalue weighted by Crippen LogP contribution is 2.44. The predicted octanol–water partition coefficient (Wildman–Crippen LogP) is 12.9. The Balaban J connectivity index is 1.15. The zero-order valence-corrected chi connectivity index (χ0v) is 28.3. The van der Waals surface area contributed by atoms with Crippen LogP contribution in [0.25, 0.3) is 98.1 Å². The summed E-state index contributed by atoms with van der Waals surface area (Å²) < 4.78 is 2.52. The largest absolute Gasteiger partial charge is 0.208 e. The maximum absolute atomic E-state index is 5.09. The van der Waals surface area contributed by atoms with Gasteiger partial charge in [-0.25, -0.2) is 15.0 Å². The smallest absolute Gasteiger partial charge is 0.164 e. The van der Waals surface area contributed by atoms with Gasteiger partial charge in [0.1, 0.15) is 0 Å². The molecule has 0 spiro atoms. The molecule has 0 fully saturated rings. The third kappa shape index (κ3) is 5.16. The summed E-state index contributed by atoms with van der Waals surface area (Å²) in [6.45, 7) is 0. The van der Waals surface area contributed by atoms with Crippen LogP contribution in [0.4, 0.5) is 0 Å². The summed E-state index contributed by atoms with van der Waals surface area (Å²) in [4.78, 5) is 15.1. The molecule has 0 N–H and O–H groups in total. The molecule has 2 heterocycles. The standard InChI is InChI=1S/C47H29N3S/c1-3-13-31(14-4-1)45-48-46(32-15-5-2-6-16-32)50-47(49-45)40-19-10-9-18-38(40)39-20-11-21-43-44(39)41-29-34(25-27-42(41)51-43)33-24-26-37-35(28-33)23-22-30-12-7-8-17-36(30)37/h1-29H. The summed E-state index contributed by atoms with van der Waals surface area (Å²) in [6.07, 6.45) is 0. The van der Waals surface area contributed by atoms with E-state index in [1.54, 1.807) is 0 Å². The number of hydrogen-bond donors (Lipinski definition) is 0. The van der Waals surface area contributed by atoms with Crippen LogP contribution in [-0.4, -0.2) is 15.0 Å². The molecule has 0 unspecified atom stereocenters. The fourth-order valence-corrected chi connectivity index (χ4v) is 8.38. The Morgan fingerprint density at radius 2 is 0.902 bits per heavy atom. The molecule has 238 valence electrons. The summed E-state index contributed by atoms with van der Waals surface area (Å²) in [7, 11) is 0. The Bertz CT molecular complexity index is 2860. The first-order valence-electron chi connectivity index (χ1n) is 17.1. The number of benzene rings is 8. The molecule has 10 aromatic rings. The minimum atomic E-state index is 0.652. The van der Waals surface area contributed by atoms with Crippen LogP contribution >= 0.6 is 11.3 Å². The van der Waals surface area contributed by atoms with Gasteiger partial charge in [-0.05, 0) is 68.1 Å². The molecule has 0 radical (unpaired) electrons. The number of thiophene rings is 1. The molecule has 2 aromatic heterocycles. The van der Waals surface area contributed by atoms with Crippen molar-refractivity contribution in [3.63, 3.8) is 0 Å². The summed E-state index contributed by atoms with van der Waals surface area (Å²) in [5, 5.41) is 7.58. The van der Waals surface area contributed by atoms with Crippen LogP contribution in [0, 0.1) is 0 Å². The average molecular weight is 668 g/mol. The van der Waals surface area contributed by atoms with Gasteiger partial charge in [-0.2, -0.15) is 0 Å². The molecule has 0 aliphatic heterocycles. The van der Waals surface area contributed by atoms with Crippen molar-refractivity contribution in [2.75, 3.05) is 0 Å². The van der Waals surface area contributed by atoms with E-state index in [-0.39, 0.29) is 0 Å². The molecule has 0 bridgehead atoms. The van der Waals surface area contributed by atoms with Crippen molar-refractivity contribution in [3.05, 3.63) is 176 Å². The number of aromatic nitrogens is 3. The Kier molecular flexibility index (Phi) is 7.00. The molecule has 8 aromatic carbocycles. The highest BCUT2D eigenvalue weighted by molar-refractivity contribution is 7.26. The Hall–Kier alpha value is -6.49. The van der Waals surface area contributed by atoms with Crippen molar-refractivity contribution < 1.29 is 0 Å². The average Bonchev–Trinajstić information content (AvgIpc) is 3.59. The van der Waals surface area contributed by atoms with Gasteiger partial charge in [0.05, 0.1) is 0 Å². The summed E-state index contributed by atoms with van der Waals surface area (Å²) in [5.41, 5.74) is 7.56. The number of nitrogens with zero attached hydrogens (tertiary/aromatic N) is 3. The zero-order valence-electron chi connectivity index (χ0n) is 27.5. The first-order chi connectivity index (χ1) is 25.3. The quantitative estimate of drug-likeness (QED) is 0.171. The number of rotatable bonds is 5. The summed E-state index contributed by atoms with van der Waals surface area (Å²) in [6, 6.07) is 62.3. The van der Waals surface area contributed by atoms with Crippen molar-refractivity contribution in [1.82, 2.24) is 15.0 Å². The lowest BCUT2D eigenvalue weighted by Gasteiger charge is -2.13. The highest BCUT2D eigenvalue weighted by Gasteiger charge is 2.19. The van der Waals surface area contributed by atoms with Crippen LogP contribution in [0.15, 0.2) is 176 Å². The van der Waals surface area contributed by atoms with Gasteiger partial charge in [0, 0.05) is 36.9 Å². The third-order valence-electron chi connectivity index (χ3n) is 9.73. The molecule has 0 saturated carbocycles. The Labute approximate surface area is 299 Å². The van der Waals surface area contributed by atoms with E-state index in [2.05, 4.69) is 115 Å². The fourth-order valence-electron chi connectivity index (χ4n) is 7.27. The van der Waals surface area contributed by atoms with Crippen LogP contribution in [0.3, 0.4) is 0 Å². The van der Waals surface area contributed by atoms with E-state index in [9.17, 15) is 0 Å². The molecule has 0 saturated heterocycles. The second-order valence-corrected chi connectivity index (χ2v) is 13.9. The summed E-state index contributed by atoms with van der Waals surface area (Å²) in [5.74, 6) is 1.96. The molecular weight excluding hydrogens is 639 g/mol. The number of hydrogen-bond acceptors (Lipinski definition) is 4. The maximum atomic E-state index is 5.09. The fraction of sp³-hybridized carbons (Fsp3) is 0. The molecule has 3 nitrogen and oxygen atoms in total. The first-order valence-corrected chi connectivity index (χ1v) is 17.9. The van der Waals surface area contributed by atoms with Crippen LogP contribution in [0.2, 0.25) is 0 Å². The minimum Gasteiger partial charge on any atom is -0.208 e. The topological polar surface area (TPSA) is 38.7 Å². The van der Waals surface area contributed by atoms with E-state index >= 15 is 0 Å². The molecule has 4 heteroatoms. The highest BCUT2D eigenvalue weighted by atomic mass is 32.1. The third-order valence-corrected chi connectivity index (χ3v) is 10.9. The van der Waals surface area contributed by atoms with Crippen molar-refractivity contribution >= 4 is 53.1 Å². The second-order valence-electron chi connectivity index (χ2n) is 12.8. The zero-order chi connectivity index (χ0) is 33.7. The van der Waals surface area contributed by atoms with Crippen molar-refractivity contribution in [3.8, 4) is 56.4 Å². The Morgan fingerprint density at radius 1 is 0.314 bits per heavy atom. The minimum absolute atomic E-state index is 0.652. The van der Waals surface area contributed by atoms with Gasteiger partial charge in [-0.15, -0.1) is 11.3 Å². The lowest BCUT2D eigenvalue weighted by atomic mass is 9.93. The van der Waals surface area contributed by atoms with Gasteiger partial charge in [0.2, 0.25) is 0 Å². The molecule has 51 heavy (non-hydrogen) atoms. The van der Waals surface area contributed by atoms with E-state index in [0.717, 1.165) is 22.3 Å². The number of fused-ring (bicyclic) bond motifs is 6. The van der Waals surface area contributed by atoms with E-state index in [1.165, 1.54) is 58.4 Å². The monoisotopic (exact) mass is 667 g/mol. The molecular formula is C47H29N3S. The van der Waals surface area contributed by atoms with Gasteiger partial charge in [-0.1, -0.05) is 152 Å². The van der Waals surface area contributed by atoms with E-state index in [1.807, 2.05) is 72.0 Å². The van der Waals surface area contributed by atoms with Crippen LogP contribution in [-0.2, 0) is 0 Å². The van der Waals surface area contributed by atoms with E-state index in [4.69, 9.17) is 15.0 Å². The van der Waals surface area contributed by atoms with Crippen LogP contribution < -0.4 is 0 Å². The molecule has 0 aliphatic rings. The molecule has 0 amide bonds. The van der Waals surface area contributed by atoms with Crippen molar-refractivity contribution in [1.29, 1.82) is 0 Å². The van der Waals surface area contributed by atoms with Gasteiger partial charge in [0.15, 0.2) is 17.5 Å². The van der Waals surface area contributed by atoms with E-state index < -0.39 is 0 Å². The lowest BCUT2D eigenvalue weighted by molar-refractivity contribution is 1.07. The van der Waals surface area contributed by atoms with Crippen molar-refractivity contribution in [2.45, 2.75) is 0 Å². The summed E-state index contributed by atoms with van der Waals surface area (Å²) >= 11 is 1.84. The van der Waals surface area contributed by atoms with Gasteiger partial charge in [-0.3, -0.25) is 0 Å². The van der Waals surface area contributed by atoms with Crippen LogP contribution in [0.1, 0.15) is 0 Å². The van der Waals surface area contributed by atoms with Gasteiger partial charge >= 0.3 is 0 Å². The Morgan fingerprint density at radius 3 is 1.69 bits per heavy atom. The first kappa shape index (κ1) is 29.4. The molecule has 10 rings (SSSR count).